The van der Waals surface area contributed by atoms with Crippen LogP contribution in [0.15, 0.2) is 48.8 Å². The second-order valence-corrected chi connectivity index (χ2v) is 5.53. The van der Waals surface area contributed by atoms with Crippen LogP contribution in [0.5, 0.6) is 0 Å². The maximum absolute atomic E-state index is 9.05. The molecule has 4 heteroatoms. The van der Waals surface area contributed by atoms with Gasteiger partial charge in [0.25, 0.3) is 0 Å². The maximum Gasteiger partial charge on any atom is 0.0443 e. The van der Waals surface area contributed by atoms with Crippen molar-refractivity contribution in [3.05, 3.63) is 64.9 Å². The van der Waals surface area contributed by atoms with E-state index >= 15 is 0 Å². The van der Waals surface area contributed by atoms with Gasteiger partial charge in [-0.3, -0.25) is 9.88 Å². The first-order chi connectivity index (χ1) is 10.3. The minimum atomic E-state index is 0.224. The summed E-state index contributed by atoms with van der Waals surface area (Å²) >= 11 is 6.04. The Morgan fingerprint density at radius 2 is 1.86 bits per heavy atom. The highest BCUT2D eigenvalue weighted by Gasteiger charge is 2.07. The molecular formula is C17H21ClN2O. The summed E-state index contributed by atoms with van der Waals surface area (Å²) in [5.41, 5.74) is 2.49. The van der Waals surface area contributed by atoms with Crippen LogP contribution in [0, 0.1) is 0 Å². The molecule has 1 aromatic heterocycles. The third kappa shape index (κ3) is 5.84. The molecule has 1 N–H and O–H groups in total. The Morgan fingerprint density at radius 3 is 2.57 bits per heavy atom. The Hall–Kier alpha value is -1.42. The molecule has 21 heavy (non-hydrogen) atoms. The van der Waals surface area contributed by atoms with Gasteiger partial charge in [-0.1, -0.05) is 23.7 Å². The molecule has 0 aliphatic carbocycles. The molecule has 0 atom stereocenters. The lowest BCUT2D eigenvalue weighted by Crippen LogP contribution is -2.27. The highest BCUT2D eigenvalue weighted by molar-refractivity contribution is 6.30. The van der Waals surface area contributed by atoms with E-state index in [1.165, 1.54) is 11.1 Å². The summed E-state index contributed by atoms with van der Waals surface area (Å²) in [6, 6.07) is 12.0. The second-order valence-electron chi connectivity index (χ2n) is 5.09. The SMILES string of the molecule is OCCCN(CCc1ccncc1)Cc1cccc(Cl)c1. The van der Waals surface area contributed by atoms with E-state index in [1.54, 1.807) is 0 Å². The average molecular weight is 305 g/mol. The Balaban J connectivity index is 1.94. The van der Waals surface area contributed by atoms with Gasteiger partial charge in [-0.15, -0.1) is 0 Å². The molecule has 0 saturated heterocycles. The highest BCUT2D eigenvalue weighted by Crippen LogP contribution is 2.13. The van der Waals surface area contributed by atoms with Gasteiger partial charge in [0, 0.05) is 43.7 Å². The third-order valence-electron chi connectivity index (χ3n) is 3.39. The van der Waals surface area contributed by atoms with E-state index in [0.717, 1.165) is 37.5 Å². The minimum Gasteiger partial charge on any atom is -0.396 e. The highest BCUT2D eigenvalue weighted by atomic mass is 35.5. The Bertz CT molecular complexity index is 533. The van der Waals surface area contributed by atoms with Crippen molar-refractivity contribution in [3.63, 3.8) is 0 Å². The number of hydrogen-bond acceptors (Lipinski definition) is 3. The van der Waals surface area contributed by atoms with E-state index < -0.39 is 0 Å². The lowest BCUT2D eigenvalue weighted by molar-refractivity contribution is 0.220. The molecule has 112 valence electrons. The minimum absolute atomic E-state index is 0.224. The normalized spacial score (nSPS) is 11.0. The van der Waals surface area contributed by atoms with Crippen LogP contribution in [-0.4, -0.2) is 34.7 Å². The summed E-state index contributed by atoms with van der Waals surface area (Å²) in [5, 5.41) is 9.82. The lowest BCUT2D eigenvalue weighted by atomic mass is 10.1. The Kier molecular flexibility index (Phi) is 6.67. The molecule has 0 radical (unpaired) electrons. The van der Waals surface area contributed by atoms with Crippen LogP contribution in [0.2, 0.25) is 5.02 Å². The number of aliphatic hydroxyl groups is 1. The van der Waals surface area contributed by atoms with E-state index in [0.29, 0.717) is 0 Å². The van der Waals surface area contributed by atoms with Gasteiger partial charge in [0.15, 0.2) is 0 Å². The smallest absolute Gasteiger partial charge is 0.0443 e. The van der Waals surface area contributed by atoms with Crippen molar-refractivity contribution in [1.29, 1.82) is 0 Å². The number of aromatic nitrogens is 1. The Morgan fingerprint density at radius 1 is 1.05 bits per heavy atom. The van der Waals surface area contributed by atoms with Crippen molar-refractivity contribution < 1.29 is 5.11 Å². The fourth-order valence-electron chi connectivity index (χ4n) is 2.29. The first-order valence-corrected chi connectivity index (χ1v) is 7.62. The summed E-state index contributed by atoms with van der Waals surface area (Å²) in [6.07, 6.45) is 5.42. The molecule has 0 amide bonds. The van der Waals surface area contributed by atoms with Crippen molar-refractivity contribution in [2.75, 3.05) is 19.7 Å². The fourth-order valence-corrected chi connectivity index (χ4v) is 2.51. The number of rotatable bonds is 8. The van der Waals surface area contributed by atoms with Crippen molar-refractivity contribution in [1.82, 2.24) is 9.88 Å². The number of hydrogen-bond donors (Lipinski definition) is 1. The average Bonchev–Trinajstić information content (AvgIpc) is 2.51. The molecule has 0 aliphatic heterocycles. The van der Waals surface area contributed by atoms with Gasteiger partial charge >= 0.3 is 0 Å². The van der Waals surface area contributed by atoms with Gasteiger partial charge in [-0.05, 0) is 48.2 Å². The summed E-state index contributed by atoms with van der Waals surface area (Å²) in [7, 11) is 0. The molecule has 3 nitrogen and oxygen atoms in total. The molecule has 0 unspecified atom stereocenters. The van der Waals surface area contributed by atoms with Crippen LogP contribution in [0.4, 0.5) is 0 Å². The molecule has 0 bridgehead atoms. The van der Waals surface area contributed by atoms with E-state index in [2.05, 4.69) is 16.0 Å². The zero-order chi connectivity index (χ0) is 14.9. The fraction of sp³-hybridized carbons (Fsp3) is 0.353. The Labute approximate surface area is 131 Å². The van der Waals surface area contributed by atoms with Gasteiger partial charge in [-0.2, -0.15) is 0 Å². The topological polar surface area (TPSA) is 36.4 Å². The van der Waals surface area contributed by atoms with Gasteiger partial charge in [0.2, 0.25) is 0 Å². The number of pyridine rings is 1. The van der Waals surface area contributed by atoms with E-state index in [-0.39, 0.29) is 6.61 Å². The zero-order valence-electron chi connectivity index (χ0n) is 12.1. The predicted octanol–water partition coefficient (Wildman–Crippen LogP) is 3.16. The molecular weight excluding hydrogens is 284 g/mol. The van der Waals surface area contributed by atoms with Crippen molar-refractivity contribution in [2.24, 2.45) is 0 Å². The molecule has 0 spiro atoms. The van der Waals surface area contributed by atoms with Gasteiger partial charge in [0.1, 0.15) is 0 Å². The summed E-state index contributed by atoms with van der Waals surface area (Å²) in [6.45, 7) is 2.91. The number of halogens is 1. The molecule has 0 aliphatic rings. The molecule has 2 aromatic rings. The summed E-state index contributed by atoms with van der Waals surface area (Å²) in [5.74, 6) is 0. The van der Waals surface area contributed by atoms with Gasteiger partial charge in [0.05, 0.1) is 0 Å². The monoisotopic (exact) mass is 304 g/mol. The molecule has 1 heterocycles. The summed E-state index contributed by atoms with van der Waals surface area (Å²) in [4.78, 5) is 6.39. The van der Waals surface area contributed by atoms with Crippen LogP contribution >= 0.6 is 11.6 Å². The number of nitrogens with zero attached hydrogens (tertiary/aromatic N) is 2. The van der Waals surface area contributed by atoms with E-state index in [1.807, 2.05) is 42.7 Å². The van der Waals surface area contributed by atoms with E-state index in [4.69, 9.17) is 16.7 Å². The van der Waals surface area contributed by atoms with Gasteiger partial charge in [-0.25, -0.2) is 0 Å². The van der Waals surface area contributed by atoms with Crippen LogP contribution in [-0.2, 0) is 13.0 Å². The standard InChI is InChI=1S/C17H21ClN2O/c18-17-4-1-3-16(13-17)14-20(10-2-12-21)11-7-15-5-8-19-9-6-15/h1,3-6,8-9,13,21H,2,7,10-12,14H2. The quantitative estimate of drug-likeness (QED) is 0.814. The molecule has 0 saturated carbocycles. The molecule has 1 aromatic carbocycles. The van der Waals surface area contributed by atoms with Gasteiger partial charge < -0.3 is 5.11 Å². The largest absolute Gasteiger partial charge is 0.396 e. The van der Waals surface area contributed by atoms with Crippen LogP contribution in [0.3, 0.4) is 0 Å². The molecule has 0 fully saturated rings. The van der Waals surface area contributed by atoms with Crippen LogP contribution in [0.25, 0.3) is 0 Å². The maximum atomic E-state index is 9.05. The number of benzene rings is 1. The number of aliphatic hydroxyl groups excluding tert-OH is 1. The first kappa shape index (κ1) is 16.0. The third-order valence-corrected chi connectivity index (χ3v) is 3.63. The van der Waals surface area contributed by atoms with E-state index in [9.17, 15) is 0 Å². The summed E-state index contributed by atoms with van der Waals surface area (Å²) < 4.78 is 0. The predicted molar refractivity (Wildman–Crippen MR) is 86.4 cm³/mol. The zero-order valence-corrected chi connectivity index (χ0v) is 12.8. The first-order valence-electron chi connectivity index (χ1n) is 7.24. The molecule has 2 rings (SSSR count). The van der Waals surface area contributed by atoms with Crippen molar-refractivity contribution in [3.8, 4) is 0 Å². The van der Waals surface area contributed by atoms with Crippen molar-refractivity contribution in [2.45, 2.75) is 19.4 Å². The lowest BCUT2D eigenvalue weighted by Gasteiger charge is -2.22. The van der Waals surface area contributed by atoms with Crippen molar-refractivity contribution >= 4 is 11.6 Å². The second kappa shape index (κ2) is 8.78. The van der Waals surface area contributed by atoms with Crippen LogP contribution < -0.4 is 0 Å². The van der Waals surface area contributed by atoms with Crippen LogP contribution in [0.1, 0.15) is 17.5 Å².